The Hall–Kier alpha value is -2.78. The van der Waals surface area contributed by atoms with Crippen molar-refractivity contribution >= 4 is 27.0 Å². The largest absolute Gasteiger partial charge is 0.351 e. The van der Waals surface area contributed by atoms with Crippen LogP contribution in [0, 0.1) is 13.8 Å². The fourth-order valence-corrected chi connectivity index (χ4v) is 4.52. The normalized spacial score (nSPS) is 14.2. The highest BCUT2D eigenvalue weighted by Crippen LogP contribution is 2.40. The van der Waals surface area contributed by atoms with E-state index >= 15 is 0 Å². The maximum absolute atomic E-state index is 12.9. The Bertz CT molecular complexity index is 1210. The highest BCUT2D eigenvalue weighted by molar-refractivity contribution is 7.89. The van der Waals surface area contributed by atoms with Gasteiger partial charge in [-0.15, -0.1) is 0 Å². The maximum atomic E-state index is 12.9. The average Bonchev–Trinajstić information content (AvgIpc) is 3.51. The number of sulfonamides is 1. The topological polar surface area (TPSA) is 106 Å². The monoisotopic (exact) mass is 427 g/mol. The van der Waals surface area contributed by atoms with Gasteiger partial charge in [0.1, 0.15) is 0 Å². The van der Waals surface area contributed by atoms with Crippen molar-refractivity contribution in [1.29, 1.82) is 0 Å². The number of amides is 1. The molecule has 30 heavy (non-hydrogen) atoms. The minimum absolute atomic E-state index is 0.0949. The number of benzene rings is 1. The molecule has 2 N–H and O–H groups in total. The number of aromatic nitrogens is 3. The van der Waals surface area contributed by atoms with E-state index in [2.05, 4.69) is 15.1 Å². The van der Waals surface area contributed by atoms with Crippen LogP contribution < -0.4 is 10.0 Å². The second-order valence-corrected chi connectivity index (χ2v) is 9.51. The Labute approximate surface area is 175 Å². The molecule has 3 aromatic rings. The standard InChI is InChI=1S/C21H25N5O3S/c1-13-4-8-16(9-5-13)30(28,29)23-11-10-22-21(27)17-12-18(15-6-7-15)24-20-19(17)14(2)25-26(20)3/h4-5,8-9,12,15,23H,6-7,10-11H2,1-3H3,(H,22,27). The number of aryl methyl sites for hydroxylation is 3. The molecule has 0 unspecified atom stereocenters. The van der Waals surface area contributed by atoms with Crippen LogP contribution in [0.5, 0.6) is 0 Å². The summed E-state index contributed by atoms with van der Waals surface area (Å²) in [5.41, 5.74) is 3.88. The molecule has 2 heterocycles. The molecular formula is C21H25N5O3S. The van der Waals surface area contributed by atoms with Crippen molar-refractivity contribution in [1.82, 2.24) is 24.8 Å². The number of nitrogens with zero attached hydrogens (tertiary/aromatic N) is 3. The summed E-state index contributed by atoms with van der Waals surface area (Å²) in [5, 5.41) is 7.96. The average molecular weight is 428 g/mol. The molecule has 0 spiro atoms. The van der Waals surface area contributed by atoms with E-state index in [1.165, 1.54) is 0 Å². The summed E-state index contributed by atoms with van der Waals surface area (Å²) < 4.78 is 28.9. The molecule has 1 amide bonds. The van der Waals surface area contributed by atoms with Gasteiger partial charge in [-0.25, -0.2) is 18.1 Å². The first kappa shape index (κ1) is 20.5. The van der Waals surface area contributed by atoms with Gasteiger partial charge in [0.05, 0.1) is 21.5 Å². The van der Waals surface area contributed by atoms with E-state index in [0.29, 0.717) is 17.1 Å². The molecule has 0 radical (unpaired) electrons. The lowest BCUT2D eigenvalue weighted by Crippen LogP contribution is -2.34. The molecule has 8 nitrogen and oxygen atoms in total. The third kappa shape index (κ3) is 4.08. The van der Waals surface area contributed by atoms with Gasteiger partial charge in [-0.3, -0.25) is 9.48 Å². The van der Waals surface area contributed by atoms with E-state index in [1.807, 2.05) is 27.0 Å². The number of pyridine rings is 1. The molecule has 0 atom stereocenters. The zero-order valence-corrected chi connectivity index (χ0v) is 18.1. The quantitative estimate of drug-likeness (QED) is 0.562. The number of rotatable bonds is 7. The van der Waals surface area contributed by atoms with Gasteiger partial charge in [0.2, 0.25) is 10.0 Å². The van der Waals surface area contributed by atoms with Gasteiger partial charge in [-0.1, -0.05) is 17.7 Å². The smallest absolute Gasteiger partial charge is 0.252 e. The molecule has 4 rings (SSSR count). The Morgan fingerprint density at radius 2 is 1.87 bits per heavy atom. The summed E-state index contributed by atoms with van der Waals surface area (Å²) in [6.45, 7) is 4.02. The van der Waals surface area contributed by atoms with Crippen LogP contribution in [0.15, 0.2) is 35.2 Å². The predicted octanol–water partition coefficient (Wildman–Crippen LogP) is 2.17. The summed E-state index contributed by atoms with van der Waals surface area (Å²) in [6.07, 6.45) is 2.16. The molecule has 158 valence electrons. The lowest BCUT2D eigenvalue weighted by molar-refractivity contribution is 0.0955. The van der Waals surface area contributed by atoms with Crippen LogP contribution in [0.3, 0.4) is 0 Å². The first-order chi connectivity index (χ1) is 14.3. The van der Waals surface area contributed by atoms with Gasteiger partial charge in [-0.2, -0.15) is 5.10 Å². The van der Waals surface area contributed by atoms with Crippen LogP contribution in [0.4, 0.5) is 0 Å². The zero-order valence-electron chi connectivity index (χ0n) is 17.3. The molecule has 0 aliphatic heterocycles. The van der Waals surface area contributed by atoms with E-state index in [-0.39, 0.29) is 23.9 Å². The van der Waals surface area contributed by atoms with Gasteiger partial charge >= 0.3 is 0 Å². The number of hydrogen-bond acceptors (Lipinski definition) is 5. The second kappa shape index (κ2) is 7.81. The van der Waals surface area contributed by atoms with Crippen LogP contribution in [0.1, 0.15) is 46.1 Å². The number of hydrogen-bond donors (Lipinski definition) is 2. The molecule has 1 aromatic carbocycles. The number of nitrogens with one attached hydrogen (secondary N) is 2. The molecule has 1 saturated carbocycles. The molecule has 1 aliphatic rings. The van der Waals surface area contributed by atoms with E-state index in [1.54, 1.807) is 28.9 Å². The van der Waals surface area contributed by atoms with Crippen LogP contribution in [-0.2, 0) is 17.1 Å². The van der Waals surface area contributed by atoms with Crippen LogP contribution >= 0.6 is 0 Å². The second-order valence-electron chi connectivity index (χ2n) is 7.74. The van der Waals surface area contributed by atoms with Crippen LogP contribution in [0.2, 0.25) is 0 Å². The lowest BCUT2D eigenvalue weighted by Gasteiger charge is -2.10. The van der Waals surface area contributed by atoms with E-state index < -0.39 is 10.0 Å². The minimum Gasteiger partial charge on any atom is -0.351 e. The SMILES string of the molecule is Cc1ccc(S(=O)(=O)NCCNC(=O)c2cc(C3CC3)nc3c2c(C)nn3C)cc1. The fraction of sp³-hybridized carbons (Fsp3) is 0.381. The van der Waals surface area contributed by atoms with Crippen molar-refractivity contribution in [2.24, 2.45) is 7.05 Å². The first-order valence-corrected chi connectivity index (χ1v) is 11.4. The number of carbonyl (C=O) groups is 1. The summed E-state index contributed by atoms with van der Waals surface area (Å²) in [6, 6.07) is 8.47. The van der Waals surface area contributed by atoms with Crippen molar-refractivity contribution < 1.29 is 13.2 Å². The Morgan fingerprint density at radius 3 is 2.53 bits per heavy atom. The van der Waals surface area contributed by atoms with E-state index in [4.69, 9.17) is 4.98 Å². The Kier molecular flexibility index (Phi) is 5.33. The number of carbonyl (C=O) groups excluding carboxylic acids is 1. The molecular weight excluding hydrogens is 402 g/mol. The highest BCUT2D eigenvalue weighted by Gasteiger charge is 2.28. The third-order valence-electron chi connectivity index (χ3n) is 5.26. The third-order valence-corrected chi connectivity index (χ3v) is 6.74. The Balaban J connectivity index is 1.45. The first-order valence-electron chi connectivity index (χ1n) is 9.95. The molecule has 1 aliphatic carbocycles. The van der Waals surface area contributed by atoms with Gasteiger partial charge in [0.25, 0.3) is 5.91 Å². The van der Waals surface area contributed by atoms with Crippen LogP contribution in [0.25, 0.3) is 11.0 Å². The van der Waals surface area contributed by atoms with Crippen molar-refractivity contribution in [2.75, 3.05) is 13.1 Å². The summed E-state index contributed by atoms with van der Waals surface area (Å²) in [4.78, 5) is 17.8. The predicted molar refractivity (Wildman–Crippen MR) is 114 cm³/mol. The van der Waals surface area contributed by atoms with E-state index in [9.17, 15) is 13.2 Å². The Morgan fingerprint density at radius 1 is 1.17 bits per heavy atom. The van der Waals surface area contributed by atoms with E-state index in [0.717, 1.165) is 35.2 Å². The molecule has 0 saturated heterocycles. The molecule has 0 bridgehead atoms. The molecule has 1 fully saturated rings. The van der Waals surface area contributed by atoms with Crippen molar-refractivity contribution in [3.63, 3.8) is 0 Å². The highest BCUT2D eigenvalue weighted by atomic mass is 32.2. The van der Waals surface area contributed by atoms with Gasteiger partial charge in [0, 0.05) is 31.7 Å². The maximum Gasteiger partial charge on any atom is 0.252 e. The van der Waals surface area contributed by atoms with Gasteiger partial charge in [-0.05, 0) is 44.9 Å². The fourth-order valence-electron chi connectivity index (χ4n) is 3.49. The van der Waals surface area contributed by atoms with Crippen LogP contribution in [-0.4, -0.2) is 42.2 Å². The van der Waals surface area contributed by atoms with Gasteiger partial charge in [0.15, 0.2) is 5.65 Å². The summed E-state index contributed by atoms with van der Waals surface area (Å²) >= 11 is 0. The van der Waals surface area contributed by atoms with Gasteiger partial charge < -0.3 is 5.32 Å². The number of fused-ring (bicyclic) bond motifs is 1. The van der Waals surface area contributed by atoms with Crippen molar-refractivity contribution in [2.45, 2.75) is 37.5 Å². The zero-order chi connectivity index (χ0) is 21.5. The molecule has 2 aromatic heterocycles. The minimum atomic E-state index is -3.61. The van der Waals surface area contributed by atoms with Crippen molar-refractivity contribution in [3.05, 3.63) is 52.8 Å². The summed E-state index contributed by atoms with van der Waals surface area (Å²) in [7, 11) is -1.79. The summed E-state index contributed by atoms with van der Waals surface area (Å²) in [5.74, 6) is 0.146. The van der Waals surface area contributed by atoms with Crippen molar-refractivity contribution in [3.8, 4) is 0 Å². The molecule has 9 heteroatoms. The lowest BCUT2D eigenvalue weighted by atomic mass is 10.1.